The molecular weight excluding hydrogens is 537 g/mol. The van der Waals surface area contributed by atoms with E-state index in [0.717, 1.165) is 42.5 Å². The highest BCUT2D eigenvalue weighted by atomic mass is 32.2. The minimum atomic E-state index is -3.98. The van der Waals surface area contributed by atoms with Gasteiger partial charge in [0, 0.05) is 29.3 Å². The lowest BCUT2D eigenvalue weighted by molar-refractivity contribution is -0.142. The lowest BCUT2D eigenvalue weighted by atomic mass is 9.84. The number of anilines is 1. The van der Waals surface area contributed by atoms with Gasteiger partial charge in [0.1, 0.15) is 35.4 Å². The number of ether oxygens (including phenoxy) is 2. The largest absolute Gasteiger partial charge is 0.487 e. The fraction of sp³-hybridized carbons (Fsp3) is 0.296. The Morgan fingerprint density at radius 2 is 1.74 bits per heavy atom. The molecule has 12 heteroatoms. The molecule has 3 aromatic carbocycles. The van der Waals surface area contributed by atoms with Crippen molar-refractivity contribution >= 4 is 21.6 Å². The molecule has 8 nitrogen and oxygen atoms in total. The number of rotatable bonds is 8. The van der Waals surface area contributed by atoms with Gasteiger partial charge in [0.25, 0.3) is 10.0 Å². The summed E-state index contributed by atoms with van der Waals surface area (Å²) in [7, 11) is -3.98. The SMILES string of the molecule is O=C(C[C@@H]1C[C@H]2c3cc(NS(=O)(=O)c4ccc(F)cc4)ccc3O[C@H]2[C@H](CO)O1)NCc1cc(F)ccc1F. The molecule has 1 saturated heterocycles. The lowest BCUT2D eigenvalue weighted by Crippen LogP contribution is -2.47. The number of halogens is 3. The van der Waals surface area contributed by atoms with Gasteiger partial charge < -0.3 is 19.9 Å². The molecule has 0 radical (unpaired) electrons. The van der Waals surface area contributed by atoms with Crippen LogP contribution in [0.2, 0.25) is 0 Å². The molecule has 0 aromatic heterocycles. The summed E-state index contributed by atoms with van der Waals surface area (Å²) in [5.41, 5.74) is 0.962. The molecule has 1 fully saturated rings. The van der Waals surface area contributed by atoms with Gasteiger partial charge in [-0.3, -0.25) is 9.52 Å². The third-order valence-electron chi connectivity index (χ3n) is 6.77. The average molecular weight is 563 g/mol. The fourth-order valence-corrected chi connectivity index (χ4v) is 5.98. The second-order valence-electron chi connectivity index (χ2n) is 9.43. The molecule has 39 heavy (non-hydrogen) atoms. The van der Waals surface area contributed by atoms with Crippen LogP contribution in [-0.2, 0) is 26.1 Å². The van der Waals surface area contributed by atoms with Crippen molar-refractivity contribution in [3.8, 4) is 5.75 Å². The highest BCUT2D eigenvalue weighted by Crippen LogP contribution is 2.47. The molecule has 5 rings (SSSR count). The van der Waals surface area contributed by atoms with Crippen molar-refractivity contribution in [1.29, 1.82) is 0 Å². The smallest absolute Gasteiger partial charge is 0.261 e. The van der Waals surface area contributed by atoms with Crippen molar-refractivity contribution in [3.05, 3.63) is 89.2 Å². The van der Waals surface area contributed by atoms with Gasteiger partial charge in [-0.2, -0.15) is 0 Å². The third kappa shape index (κ3) is 5.87. The summed E-state index contributed by atoms with van der Waals surface area (Å²) in [5.74, 6) is -2.06. The molecule has 0 bridgehead atoms. The van der Waals surface area contributed by atoms with E-state index in [2.05, 4.69) is 10.0 Å². The van der Waals surface area contributed by atoms with E-state index in [-0.39, 0.29) is 41.6 Å². The van der Waals surface area contributed by atoms with E-state index >= 15 is 0 Å². The molecular formula is C27H25F3N2O6S. The highest BCUT2D eigenvalue weighted by Gasteiger charge is 2.46. The molecule has 4 atom stereocenters. The van der Waals surface area contributed by atoms with Crippen LogP contribution in [0, 0.1) is 17.5 Å². The highest BCUT2D eigenvalue weighted by molar-refractivity contribution is 7.92. The number of aliphatic hydroxyl groups is 1. The average Bonchev–Trinajstić information content (AvgIpc) is 3.26. The maximum absolute atomic E-state index is 13.9. The van der Waals surface area contributed by atoms with Gasteiger partial charge in [-0.05, 0) is 67.1 Å². The van der Waals surface area contributed by atoms with Crippen LogP contribution in [0.1, 0.15) is 29.9 Å². The van der Waals surface area contributed by atoms with Crippen molar-refractivity contribution in [2.24, 2.45) is 0 Å². The standard InChI is InChI=1S/C27H25F3N2O6S/c28-16-1-5-20(6-2-16)39(35,36)32-18-4-8-24-21(10-18)22-11-19(37-25(14-33)27(22)38-24)12-26(34)31-13-15-9-17(29)3-7-23(15)30/h1-10,19,22,25,27,32-33H,11-14H2,(H,31,34)/t19-,22-,25-,27+/m0/s1. The van der Waals surface area contributed by atoms with Crippen molar-refractivity contribution in [1.82, 2.24) is 5.32 Å². The van der Waals surface area contributed by atoms with Crippen LogP contribution in [0.4, 0.5) is 18.9 Å². The minimum absolute atomic E-state index is 0.00921. The van der Waals surface area contributed by atoms with Crippen LogP contribution in [0.25, 0.3) is 0 Å². The number of aliphatic hydroxyl groups excluding tert-OH is 1. The summed E-state index contributed by atoms with van der Waals surface area (Å²) in [6.45, 7) is -0.569. The summed E-state index contributed by atoms with van der Waals surface area (Å²) in [6.07, 6.45) is -1.66. The summed E-state index contributed by atoms with van der Waals surface area (Å²) in [5, 5.41) is 12.5. The number of amides is 1. The van der Waals surface area contributed by atoms with E-state index in [1.165, 1.54) is 6.07 Å². The second-order valence-corrected chi connectivity index (χ2v) is 11.1. The molecule has 2 aliphatic heterocycles. The topological polar surface area (TPSA) is 114 Å². The second kappa shape index (κ2) is 10.9. The van der Waals surface area contributed by atoms with Crippen molar-refractivity contribution < 1.29 is 41.0 Å². The minimum Gasteiger partial charge on any atom is -0.487 e. The monoisotopic (exact) mass is 562 g/mol. The zero-order chi connectivity index (χ0) is 27.7. The van der Waals surface area contributed by atoms with Crippen molar-refractivity contribution in [3.63, 3.8) is 0 Å². The number of carbonyl (C=O) groups is 1. The van der Waals surface area contributed by atoms with E-state index in [1.807, 2.05) is 0 Å². The first kappa shape index (κ1) is 27.0. The van der Waals surface area contributed by atoms with Crippen LogP contribution in [-0.4, -0.2) is 44.4 Å². The van der Waals surface area contributed by atoms with Gasteiger partial charge in [0.2, 0.25) is 5.91 Å². The number of nitrogens with one attached hydrogen (secondary N) is 2. The first-order valence-electron chi connectivity index (χ1n) is 12.2. The number of fused-ring (bicyclic) bond motifs is 3. The van der Waals surface area contributed by atoms with Gasteiger partial charge in [-0.1, -0.05) is 0 Å². The lowest BCUT2D eigenvalue weighted by Gasteiger charge is -2.37. The van der Waals surface area contributed by atoms with Gasteiger partial charge in [-0.15, -0.1) is 0 Å². The molecule has 0 unspecified atom stereocenters. The summed E-state index contributed by atoms with van der Waals surface area (Å²) in [4.78, 5) is 12.5. The van der Waals surface area contributed by atoms with Gasteiger partial charge in [-0.25, -0.2) is 21.6 Å². The number of hydrogen-bond acceptors (Lipinski definition) is 6. The first-order valence-corrected chi connectivity index (χ1v) is 13.7. The number of hydrogen-bond donors (Lipinski definition) is 3. The summed E-state index contributed by atoms with van der Waals surface area (Å²) < 4.78 is 80.4. The molecule has 0 aliphatic carbocycles. The zero-order valence-corrected chi connectivity index (χ0v) is 21.3. The molecule has 0 spiro atoms. The van der Waals surface area contributed by atoms with E-state index in [0.29, 0.717) is 17.7 Å². The van der Waals surface area contributed by atoms with Crippen LogP contribution in [0.5, 0.6) is 5.75 Å². The Bertz CT molecular complexity index is 1490. The molecule has 2 heterocycles. The molecule has 206 valence electrons. The molecule has 0 saturated carbocycles. The third-order valence-corrected chi connectivity index (χ3v) is 8.17. The maximum Gasteiger partial charge on any atom is 0.261 e. The van der Waals surface area contributed by atoms with Crippen molar-refractivity contribution in [2.45, 2.75) is 48.5 Å². The molecule has 2 aliphatic rings. The van der Waals surface area contributed by atoms with E-state index in [9.17, 15) is 31.5 Å². The van der Waals surface area contributed by atoms with Gasteiger partial charge in [0.05, 0.1) is 24.0 Å². The molecule has 1 amide bonds. The number of sulfonamides is 1. The molecule has 3 aromatic rings. The Labute approximate surface area is 222 Å². The van der Waals surface area contributed by atoms with Crippen LogP contribution in [0.15, 0.2) is 65.6 Å². The van der Waals surface area contributed by atoms with E-state index in [4.69, 9.17) is 9.47 Å². The van der Waals surface area contributed by atoms with E-state index in [1.54, 1.807) is 12.1 Å². The zero-order valence-electron chi connectivity index (χ0n) is 20.4. The predicted octanol–water partition coefficient (Wildman–Crippen LogP) is 3.61. The molecule has 3 N–H and O–H groups in total. The van der Waals surface area contributed by atoms with E-state index < -0.39 is 51.7 Å². The van der Waals surface area contributed by atoms with Crippen LogP contribution < -0.4 is 14.8 Å². The quantitative estimate of drug-likeness (QED) is 0.387. The van der Waals surface area contributed by atoms with Crippen LogP contribution >= 0.6 is 0 Å². The Kier molecular flexibility index (Phi) is 7.52. The predicted molar refractivity (Wildman–Crippen MR) is 134 cm³/mol. The van der Waals surface area contributed by atoms with Crippen LogP contribution in [0.3, 0.4) is 0 Å². The Morgan fingerprint density at radius 1 is 1.00 bits per heavy atom. The number of benzene rings is 3. The number of carbonyl (C=O) groups excluding carboxylic acids is 1. The van der Waals surface area contributed by atoms with Crippen molar-refractivity contribution in [2.75, 3.05) is 11.3 Å². The normalized spacial score (nSPS) is 21.9. The van der Waals surface area contributed by atoms with Gasteiger partial charge >= 0.3 is 0 Å². The maximum atomic E-state index is 13.9. The Morgan fingerprint density at radius 3 is 2.49 bits per heavy atom. The summed E-state index contributed by atoms with van der Waals surface area (Å²) >= 11 is 0. The fourth-order valence-electron chi connectivity index (χ4n) is 4.93. The Hall–Kier alpha value is -3.61. The summed E-state index contributed by atoms with van der Waals surface area (Å²) in [6, 6.07) is 12.2. The first-order chi connectivity index (χ1) is 18.6. The van der Waals surface area contributed by atoms with Gasteiger partial charge in [0.15, 0.2) is 0 Å². The Balaban J connectivity index is 1.28.